The van der Waals surface area contributed by atoms with E-state index in [0.717, 1.165) is 0 Å². The number of ketones is 1. The zero-order valence-corrected chi connectivity index (χ0v) is 13.3. The summed E-state index contributed by atoms with van der Waals surface area (Å²) in [6, 6.07) is 5.70. The molecule has 0 aliphatic heterocycles. The number of hydrogen-bond acceptors (Lipinski definition) is 3. The molecule has 1 amide bonds. The molecule has 1 aromatic carbocycles. The zero-order valence-electron chi connectivity index (χ0n) is 12.5. The van der Waals surface area contributed by atoms with Crippen LogP contribution in [0.3, 0.4) is 0 Å². The number of amides is 1. The standard InChI is InChI=1S/C15H21FN2O2.ClH/c1-10(7-14(19)18-9-11(2)17-3)15(20)12-5-4-6-13(16)8-12;/h4-6,8,10-11,17H,7,9H2,1-3H3,(H,18,19);1H. The van der Waals surface area contributed by atoms with Crippen LogP contribution in [-0.4, -0.2) is 31.3 Å². The number of benzene rings is 1. The Hall–Kier alpha value is -1.46. The summed E-state index contributed by atoms with van der Waals surface area (Å²) in [5.41, 5.74) is 0.300. The Kier molecular flexibility index (Phi) is 8.81. The fourth-order valence-electron chi connectivity index (χ4n) is 1.74. The van der Waals surface area contributed by atoms with Gasteiger partial charge in [0.15, 0.2) is 5.78 Å². The van der Waals surface area contributed by atoms with Gasteiger partial charge in [-0.2, -0.15) is 0 Å². The van der Waals surface area contributed by atoms with Crippen molar-refractivity contribution in [2.24, 2.45) is 5.92 Å². The van der Waals surface area contributed by atoms with Gasteiger partial charge in [0.05, 0.1) is 0 Å². The lowest BCUT2D eigenvalue weighted by Crippen LogP contribution is -2.38. The first-order valence-corrected chi connectivity index (χ1v) is 6.67. The molecule has 0 aliphatic rings. The van der Waals surface area contributed by atoms with E-state index in [1.807, 2.05) is 14.0 Å². The molecule has 0 aliphatic carbocycles. The summed E-state index contributed by atoms with van der Waals surface area (Å²) < 4.78 is 13.1. The van der Waals surface area contributed by atoms with Crippen LogP contribution in [0, 0.1) is 11.7 Å². The van der Waals surface area contributed by atoms with E-state index >= 15 is 0 Å². The number of carbonyl (C=O) groups excluding carboxylic acids is 2. The van der Waals surface area contributed by atoms with Gasteiger partial charge in [-0.3, -0.25) is 9.59 Å². The Morgan fingerprint density at radius 1 is 1.29 bits per heavy atom. The first-order chi connectivity index (χ1) is 9.43. The van der Waals surface area contributed by atoms with E-state index in [1.165, 1.54) is 18.2 Å². The molecular weight excluding hydrogens is 295 g/mol. The van der Waals surface area contributed by atoms with Crippen LogP contribution in [0.25, 0.3) is 0 Å². The summed E-state index contributed by atoms with van der Waals surface area (Å²) in [7, 11) is 1.81. The maximum absolute atomic E-state index is 13.1. The number of Topliss-reactive ketones (excluding diaryl/α,β-unsaturated/α-hetero) is 1. The van der Waals surface area contributed by atoms with Crippen molar-refractivity contribution >= 4 is 24.1 Å². The van der Waals surface area contributed by atoms with Gasteiger partial charge in [-0.1, -0.05) is 19.1 Å². The molecule has 0 aromatic heterocycles. The molecule has 0 heterocycles. The fourth-order valence-corrected chi connectivity index (χ4v) is 1.74. The molecule has 6 heteroatoms. The second-order valence-corrected chi connectivity index (χ2v) is 4.97. The summed E-state index contributed by atoms with van der Waals surface area (Å²) in [5, 5.41) is 5.76. The van der Waals surface area contributed by atoms with Gasteiger partial charge in [-0.05, 0) is 26.1 Å². The minimum Gasteiger partial charge on any atom is -0.355 e. The Balaban J connectivity index is 0.00000400. The number of nitrogens with one attached hydrogen (secondary N) is 2. The van der Waals surface area contributed by atoms with Crippen molar-refractivity contribution in [1.29, 1.82) is 0 Å². The monoisotopic (exact) mass is 316 g/mol. The van der Waals surface area contributed by atoms with Crippen molar-refractivity contribution < 1.29 is 14.0 Å². The molecule has 2 atom stereocenters. The minimum atomic E-state index is -0.471. The van der Waals surface area contributed by atoms with Crippen LogP contribution < -0.4 is 10.6 Å². The predicted molar refractivity (Wildman–Crippen MR) is 83.3 cm³/mol. The maximum atomic E-state index is 13.1. The van der Waals surface area contributed by atoms with Gasteiger partial charge in [0.25, 0.3) is 0 Å². The molecular formula is C15H22ClFN2O2. The summed E-state index contributed by atoms with van der Waals surface area (Å²) >= 11 is 0. The van der Waals surface area contributed by atoms with Crippen LogP contribution in [0.15, 0.2) is 24.3 Å². The molecule has 0 radical (unpaired) electrons. The molecule has 0 spiro atoms. The highest BCUT2D eigenvalue weighted by Crippen LogP contribution is 2.13. The highest BCUT2D eigenvalue weighted by molar-refractivity contribution is 5.99. The number of likely N-dealkylation sites (N-methyl/N-ethyl adjacent to an activating group) is 1. The van der Waals surface area contributed by atoms with Crippen molar-refractivity contribution in [3.63, 3.8) is 0 Å². The Bertz CT molecular complexity index is 482. The second-order valence-electron chi connectivity index (χ2n) is 4.97. The largest absolute Gasteiger partial charge is 0.355 e. The number of carbonyl (C=O) groups is 2. The van der Waals surface area contributed by atoms with Gasteiger partial charge >= 0.3 is 0 Å². The molecule has 0 fully saturated rings. The van der Waals surface area contributed by atoms with Gasteiger partial charge in [0, 0.05) is 30.5 Å². The van der Waals surface area contributed by atoms with E-state index in [1.54, 1.807) is 13.0 Å². The van der Waals surface area contributed by atoms with E-state index in [9.17, 15) is 14.0 Å². The Morgan fingerprint density at radius 3 is 2.52 bits per heavy atom. The third-order valence-corrected chi connectivity index (χ3v) is 3.15. The van der Waals surface area contributed by atoms with Crippen LogP contribution >= 0.6 is 12.4 Å². The molecule has 0 bridgehead atoms. The molecule has 0 saturated heterocycles. The van der Waals surface area contributed by atoms with Gasteiger partial charge in [-0.15, -0.1) is 12.4 Å². The molecule has 2 N–H and O–H groups in total. The summed E-state index contributed by atoms with van der Waals surface area (Å²) in [5.74, 6) is -1.32. The summed E-state index contributed by atoms with van der Waals surface area (Å²) in [6.07, 6.45) is 0.103. The summed E-state index contributed by atoms with van der Waals surface area (Å²) in [6.45, 7) is 4.13. The smallest absolute Gasteiger partial charge is 0.220 e. The average Bonchev–Trinajstić information content (AvgIpc) is 2.43. The number of rotatable bonds is 7. The topological polar surface area (TPSA) is 58.2 Å². The van der Waals surface area contributed by atoms with Gasteiger partial charge in [0.2, 0.25) is 5.91 Å². The van der Waals surface area contributed by atoms with Crippen LogP contribution in [0.2, 0.25) is 0 Å². The van der Waals surface area contributed by atoms with Crippen molar-refractivity contribution in [3.05, 3.63) is 35.6 Å². The normalized spacial score (nSPS) is 13.0. The molecule has 1 aromatic rings. The molecule has 21 heavy (non-hydrogen) atoms. The molecule has 2 unspecified atom stereocenters. The van der Waals surface area contributed by atoms with Crippen LogP contribution in [0.1, 0.15) is 30.6 Å². The van der Waals surface area contributed by atoms with Crippen molar-refractivity contribution in [3.8, 4) is 0 Å². The van der Waals surface area contributed by atoms with E-state index in [2.05, 4.69) is 10.6 Å². The molecule has 4 nitrogen and oxygen atoms in total. The second kappa shape index (κ2) is 9.47. The van der Waals surface area contributed by atoms with Crippen LogP contribution in [-0.2, 0) is 4.79 Å². The fraction of sp³-hybridized carbons (Fsp3) is 0.467. The van der Waals surface area contributed by atoms with Crippen LogP contribution in [0.4, 0.5) is 4.39 Å². The lowest BCUT2D eigenvalue weighted by Gasteiger charge is -2.14. The van der Waals surface area contributed by atoms with E-state index < -0.39 is 11.7 Å². The van der Waals surface area contributed by atoms with Crippen LogP contribution in [0.5, 0.6) is 0 Å². The Labute approximate surface area is 130 Å². The summed E-state index contributed by atoms with van der Waals surface area (Å²) in [4.78, 5) is 23.8. The van der Waals surface area contributed by atoms with Gasteiger partial charge in [-0.25, -0.2) is 4.39 Å². The lowest BCUT2D eigenvalue weighted by atomic mass is 9.96. The third-order valence-electron chi connectivity index (χ3n) is 3.15. The SMILES string of the molecule is CNC(C)CNC(=O)CC(C)C(=O)c1cccc(F)c1.Cl. The van der Waals surface area contributed by atoms with Crippen molar-refractivity contribution in [1.82, 2.24) is 10.6 Å². The van der Waals surface area contributed by atoms with E-state index in [-0.39, 0.29) is 36.6 Å². The average molecular weight is 317 g/mol. The highest BCUT2D eigenvalue weighted by Gasteiger charge is 2.19. The predicted octanol–water partition coefficient (Wildman–Crippen LogP) is 2.18. The zero-order chi connectivity index (χ0) is 15.1. The third kappa shape index (κ3) is 6.69. The number of hydrogen-bond donors (Lipinski definition) is 2. The Morgan fingerprint density at radius 2 is 1.95 bits per heavy atom. The van der Waals surface area contributed by atoms with Crippen molar-refractivity contribution in [2.75, 3.05) is 13.6 Å². The lowest BCUT2D eigenvalue weighted by molar-refractivity contribution is -0.121. The van der Waals surface area contributed by atoms with E-state index in [4.69, 9.17) is 0 Å². The first-order valence-electron chi connectivity index (χ1n) is 6.67. The number of halogens is 2. The minimum absolute atomic E-state index is 0. The quantitative estimate of drug-likeness (QED) is 0.758. The van der Waals surface area contributed by atoms with Crippen molar-refractivity contribution in [2.45, 2.75) is 26.3 Å². The molecule has 1 rings (SSSR count). The maximum Gasteiger partial charge on any atom is 0.220 e. The molecule has 0 saturated carbocycles. The van der Waals surface area contributed by atoms with Gasteiger partial charge < -0.3 is 10.6 Å². The molecule has 118 valence electrons. The first kappa shape index (κ1) is 19.5. The van der Waals surface area contributed by atoms with Gasteiger partial charge in [0.1, 0.15) is 5.82 Å². The van der Waals surface area contributed by atoms with E-state index in [0.29, 0.717) is 12.1 Å². The highest BCUT2D eigenvalue weighted by atomic mass is 35.5.